The highest BCUT2D eigenvalue weighted by Crippen LogP contribution is 2.19. The smallest absolute Gasteiger partial charge is 0.0168 e. The predicted octanol–water partition coefficient (Wildman–Crippen LogP) is 1.39. The largest absolute Gasteiger partial charge is 0.310 e. The highest BCUT2D eigenvalue weighted by atomic mass is 15.1. The molecule has 0 aromatic carbocycles. The molecule has 0 saturated heterocycles. The summed E-state index contributed by atoms with van der Waals surface area (Å²) in [5.41, 5.74) is 1.62. The van der Waals surface area contributed by atoms with Crippen molar-refractivity contribution in [3.8, 4) is 0 Å². The van der Waals surface area contributed by atoms with E-state index in [9.17, 15) is 0 Å². The lowest BCUT2D eigenvalue weighted by Crippen LogP contribution is -2.31. The predicted molar refractivity (Wildman–Crippen MR) is 55.8 cm³/mol. The van der Waals surface area contributed by atoms with Gasteiger partial charge in [0.1, 0.15) is 0 Å². The van der Waals surface area contributed by atoms with Crippen LogP contribution in [0.2, 0.25) is 0 Å². The second-order valence-electron chi connectivity index (χ2n) is 4.16. The van der Waals surface area contributed by atoms with Gasteiger partial charge in [0.05, 0.1) is 0 Å². The molecule has 1 heterocycles. The van der Waals surface area contributed by atoms with Gasteiger partial charge in [0, 0.05) is 25.7 Å². The zero-order valence-electron chi connectivity index (χ0n) is 8.55. The first-order valence-corrected chi connectivity index (χ1v) is 5.52. The summed E-state index contributed by atoms with van der Waals surface area (Å²) >= 11 is 0. The van der Waals surface area contributed by atoms with E-state index in [-0.39, 0.29) is 0 Å². The number of likely N-dealkylation sites (N-methyl/N-ethyl adjacent to an activating group) is 1. The van der Waals surface area contributed by atoms with Crippen LogP contribution in [0.5, 0.6) is 0 Å². The van der Waals surface area contributed by atoms with Crippen LogP contribution in [0.4, 0.5) is 0 Å². The van der Waals surface area contributed by atoms with Crippen molar-refractivity contribution in [2.24, 2.45) is 0 Å². The summed E-state index contributed by atoms with van der Waals surface area (Å²) in [7, 11) is 0. The quantitative estimate of drug-likeness (QED) is 0.658. The summed E-state index contributed by atoms with van der Waals surface area (Å²) in [5, 5.41) is 3.57. The Balaban J connectivity index is 1.70. The molecule has 1 N–H and O–H groups in total. The van der Waals surface area contributed by atoms with Crippen molar-refractivity contribution < 1.29 is 0 Å². The van der Waals surface area contributed by atoms with Crippen molar-refractivity contribution in [1.82, 2.24) is 10.2 Å². The second-order valence-corrected chi connectivity index (χ2v) is 4.16. The lowest BCUT2D eigenvalue weighted by atomic mass is 10.1. The highest BCUT2D eigenvalue weighted by molar-refractivity contribution is 5.09. The third kappa shape index (κ3) is 2.82. The number of hydrogen-bond acceptors (Lipinski definition) is 2. The van der Waals surface area contributed by atoms with Crippen molar-refractivity contribution >= 4 is 0 Å². The summed E-state index contributed by atoms with van der Waals surface area (Å²) in [4.78, 5) is 2.49. The summed E-state index contributed by atoms with van der Waals surface area (Å²) in [6.07, 6.45) is 6.47. The van der Waals surface area contributed by atoms with Crippen molar-refractivity contribution in [2.75, 3.05) is 26.2 Å². The lowest BCUT2D eigenvalue weighted by Gasteiger charge is -2.24. The zero-order chi connectivity index (χ0) is 9.10. The van der Waals surface area contributed by atoms with Crippen molar-refractivity contribution in [3.63, 3.8) is 0 Å². The van der Waals surface area contributed by atoms with Crippen LogP contribution in [0, 0.1) is 0 Å². The molecule has 1 aliphatic heterocycles. The van der Waals surface area contributed by atoms with Crippen LogP contribution in [0.15, 0.2) is 11.6 Å². The summed E-state index contributed by atoms with van der Waals surface area (Å²) in [6, 6.07) is 0.852. The van der Waals surface area contributed by atoms with Gasteiger partial charge in [0.15, 0.2) is 0 Å². The van der Waals surface area contributed by atoms with E-state index in [1.165, 1.54) is 32.4 Å². The third-order valence-electron chi connectivity index (χ3n) is 3.03. The van der Waals surface area contributed by atoms with Gasteiger partial charge in [-0.1, -0.05) is 18.6 Å². The normalized spacial score (nSPS) is 24.5. The third-order valence-corrected chi connectivity index (χ3v) is 3.03. The van der Waals surface area contributed by atoms with Crippen molar-refractivity contribution in [2.45, 2.75) is 32.2 Å². The minimum absolute atomic E-state index is 0.852. The van der Waals surface area contributed by atoms with Crippen LogP contribution in [-0.4, -0.2) is 37.1 Å². The molecular formula is C11H20N2. The maximum absolute atomic E-state index is 3.57. The Morgan fingerprint density at radius 2 is 2.38 bits per heavy atom. The standard InChI is InChI=1S/C11H20N2/c1-2-13-7-5-10(6-8-13)9-12-11-3-4-11/h5,11-12H,2-4,6-9H2,1H3. The topological polar surface area (TPSA) is 15.3 Å². The first-order chi connectivity index (χ1) is 6.38. The molecule has 0 amide bonds. The molecule has 0 radical (unpaired) electrons. The van der Waals surface area contributed by atoms with Crippen molar-refractivity contribution in [1.29, 1.82) is 0 Å². The molecule has 0 unspecified atom stereocenters. The number of rotatable bonds is 4. The molecule has 1 aliphatic carbocycles. The van der Waals surface area contributed by atoms with E-state index in [1.54, 1.807) is 5.57 Å². The van der Waals surface area contributed by atoms with Crippen LogP contribution >= 0.6 is 0 Å². The Labute approximate surface area is 81.0 Å². The monoisotopic (exact) mass is 180 g/mol. The van der Waals surface area contributed by atoms with Gasteiger partial charge in [-0.25, -0.2) is 0 Å². The highest BCUT2D eigenvalue weighted by Gasteiger charge is 2.20. The minimum atomic E-state index is 0.852. The molecular weight excluding hydrogens is 160 g/mol. The van der Waals surface area contributed by atoms with E-state index in [2.05, 4.69) is 23.2 Å². The Bertz CT molecular complexity index is 194. The average molecular weight is 180 g/mol. The first-order valence-electron chi connectivity index (χ1n) is 5.52. The molecule has 1 saturated carbocycles. The summed E-state index contributed by atoms with van der Waals surface area (Å²) in [6.45, 7) is 7.00. The van der Waals surface area contributed by atoms with E-state index >= 15 is 0 Å². The van der Waals surface area contributed by atoms with E-state index in [0.29, 0.717) is 0 Å². The first kappa shape index (κ1) is 9.22. The average Bonchev–Trinajstić information content (AvgIpc) is 2.99. The molecule has 2 heteroatoms. The second kappa shape index (κ2) is 4.25. The van der Waals surface area contributed by atoms with Gasteiger partial charge in [-0.2, -0.15) is 0 Å². The van der Waals surface area contributed by atoms with Gasteiger partial charge in [-0.3, -0.25) is 4.90 Å². The molecule has 13 heavy (non-hydrogen) atoms. The fourth-order valence-corrected chi connectivity index (χ4v) is 1.76. The van der Waals surface area contributed by atoms with E-state index in [4.69, 9.17) is 0 Å². The van der Waals surface area contributed by atoms with Crippen LogP contribution in [0.3, 0.4) is 0 Å². The zero-order valence-corrected chi connectivity index (χ0v) is 8.55. The fourth-order valence-electron chi connectivity index (χ4n) is 1.76. The molecule has 0 spiro atoms. The molecule has 0 atom stereocenters. The SMILES string of the molecule is CCN1CC=C(CNC2CC2)CC1. The summed E-state index contributed by atoms with van der Waals surface area (Å²) < 4.78 is 0. The van der Waals surface area contributed by atoms with Crippen LogP contribution in [0.25, 0.3) is 0 Å². The number of nitrogens with zero attached hydrogens (tertiary/aromatic N) is 1. The molecule has 0 bridgehead atoms. The minimum Gasteiger partial charge on any atom is -0.310 e. The van der Waals surface area contributed by atoms with E-state index < -0.39 is 0 Å². The Morgan fingerprint density at radius 3 is 2.92 bits per heavy atom. The van der Waals surface area contributed by atoms with Gasteiger partial charge in [0.2, 0.25) is 0 Å². The van der Waals surface area contributed by atoms with Gasteiger partial charge < -0.3 is 5.32 Å². The molecule has 2 rings (SSSR count). The molecule has 2 aliphatic rings. The number of hydrogen-bond donors (Lipinski definition) is 1. The lowest BCUT2D eigenvalue weighted by molar-refractivity contribution is 0.308. The fraction of sp³-hybridized carbons (Fsp3) is 0.818. The molecule has 74 valence electrons. The van der Waals surface area contributed by atoms with Gasteiger partial charge in [0.25, 0.3) is 0 Å². The maximum atomic E-state index is 3.57. The van der Waals surface area contributed by atoms with E-state index in [1.807, 2.05) is 0 Å². The van der Waals surface area contributed by atoms with Crippen LogP contribution in [-0.2, 0) is 0 Å². The van der Waals surface area contributed by atoms with E-state index in [0.717, 1.165) is 19.1 Å². The molecule has 0 aromatic heterocycles. The molecule has 2 nitrogen and oxygen atoms in total. The van der Waals surface area contributed by atoms with Gasteiger partial charge in [-0.15, -0.1) is 0 Å². The Morgan fingerprint density at radius 1 is 1.54 bits per heavy atom. The van der Waals surface area contributed by atoms with Gasteiger partial charge in [-0.05, 0) is 25.8 Å². The van der Waals surface area contributed by atoms with Crippen LogP contribution < -0.4 is 5.32 Å². The maximum Gasteiger partial charge on any atom is 0.0168 e. The van der Waals surface area contributed by atoms with Gasteiger partial charge >= 0.3 is 0 Å². The van der Waals surface area contributed by atoms with Crippen LogP contribution in [0.1, 0.15) is 26.2 Å². The van der Waals surface area contributed by atoms with Crippen molar-refractivity contribution in [3.05, 3.63) is 11.6 Å². The summed E-state index contributed by atoms with van der Waals surface area (Å²) in [5.74, 6) is 0. The Hall–Kier alpha value is -0.340. The Kier molecular flexibility index (Phi) is 3.01. The number of nitrogens with one attached hydrogen (secondary N) is 1. The molecule has 1 fully saturated rings. The molecule has 0 aromatic rings.